The second kappa shape index (κ2) is 8.97. The average Bonchev–Trinajstić information content (AvgIpc) is 2.53. The molecule has 0 nitrogen and oxygen atoms in total. The quantitative estimate of drug-likeness (QED) is 0.547. The predicted molar refractivity (Wildman–Crippen MR) is 97.6 cm³/mol. The molecule has 0 amide bonds. The number of hydrogen-bond acceptors (Lipinski definition) is 0. The van der Waals surface area contributed by atoms with Gasteiger partial charge in [0.15, 0.2) is 0 Å². The number of allylic oxidation sites excluding steroid dienone is 5. The summed E-state index contributed by atoms with van der Waals surface area (Å²) >= 11 is 0. The van der Waals surface area contributed by atoms with Crippen LogP contribution in [0.1, 0.15) is 38.8 Å². The van der Waals surface area contributed by atoms with E-state index in [0.29, 0.717) is 0 Å². The minimum absolute atomic E-state index is 1.23. The maximum Gasteiger partial charge on any atom is -0.0178 e. The zero-order valence-electron chi connectivity index (χ0n) is 13.9. The van der Waals surface area contributed by atoms with Crippen molar-refractivity contribution in [3.8, 4) is 0 Å². The van der Waals surface area contributed by atoms with Gasteiger partial charge in [-0.3, -0.25) is 0 Å². The molecule has 2 aromatic carbocycles. The number of benzene rings is 2. The molecule has 0 saturated carbocycles. The van der Waals surface area contributed by atoms with Gasteiger partial charge in [-0.25, -0.2) is 0 Å². The highest BCUT2D eigenvalue weighted by Gasteiger charge is 1.95. The summed E-state index contributed by atoms with van der Waals surface area (Å²) in [6, 6.07) is 13.2. The summed E-state index contributed by atoms with van der Waals surface area (Å²) in [7, 11) is 0. The summed E-state index contributed by atoms with van der Waals surface area (Å²) in [5, 5.41) is 2.60. The third-order valence-electron chi connectivity index (χ3n) is 3.18. The van der Waals surface area contributed by atoms with Crippen LogP contribution in [0.3, 0.4) is 0 Å². The number of hydrogen-bond donors (Lipinski definition) is 0. The van der Waals surface area contributed by atoms with Crippen LogP contribution in [0.15, 0.2) is 66.3 Å². The molecule has 0 saturated heterocycles. The van der Waals surface area contributed by atoms with E-state index in [1.807, 2.05) is 20.8 Å². The Hall–Kier alpha value is -2.08. The molecule has 110 valence electrons. The molecule has 0 heterocycles. The zero-order chi connectivity index (χ0) is 15.7. The van der Waals surface area contributed by atoms with Gasteiger partial charge in [0.1, 0.15) is 0 Å². The van der Waals surface area contributed by atoms with Crippen LogP contribution >= 0.6 is 0 Å². The Morgan fingerprint density at radius 2 is 1.52 bits per heavy atom. The van der Waals surface area contributed by atoms with Gasteiger partial charge >= 0.3 is 0 Å². The fourth-order valence-electron chi connectivity index (χ4n) is 2.12. The van der Waals surface area contributed by atoms with Crippen LogP contribution in [0, 0.1) is 6.92 Å². The average molecular weight is 278 g/mol. The second-order valence-corrected chi connectivity index (χ2v) is 4.73. The normalized spacial score (nSPS) is 12.0. The van der Waals surface area contributed by atoms with Crippen LogP contribution in [0.5, 0.6) is 0 Å². The molecule has 0 atom stereocenters. The molecule has 0 heteroatoms. The summed E-state index contributed by atoms with van der Waals surface area (Å²) in [4.78, 5) is 0. The van der Waals surface area contributed by atoms with E-state index in [0.717, 1.165) is 0 Å². The van der Waals surface area contributed by atoms with E-state index in [-0.39, 0.29) is 0 Å². The second-order valence-electron chi connectivity index (χ2n) is 4.73. The summed E-state index contributed by atoms with van der Waals surface area (Å²) in [5.41, 5.74) is 3.77. The van der Waals surface area contributed by atoms with Crippen LogP contribution < -0.4 is 0 Å². The van der Waals surface area contributed by atoms with Crippen LogP contribution in [0.2, 0.25) is 0 Å². The molecule has 0 aliphatic heterocycles. The minimum atomic E-state index is 1.23. The monoisotopic (exact) mass is 278 g/mol. The van der Waals surface area contributed by atoms with Gasteiger partial charge in [0.25, 0.3) is 0 Å². The Morgan fingerprint density at radius 1 is 0.857 bits per heavy atom. The van der Waals surface area contributed by atoms with Crippen LogP contribution in [-0.4, -0.2) is 0 Å². The molecular formula is C21H26. The third kappa shape index (κ3) is 5.07. The molecule has 0 spiro atoms. The first-order valence-electron chi connectivity index (χ1n) is 7.70. The fraction of sp³-hybridized carbons (Fsp3) is 0.238. The lowest BCUT2D eigenvalue weighted by atomic mass is 10.0. The lowest BCUT2D eigenvalue weighted by Gasteiger charge is -2.01. The molecule has 2 aromatic rings. The lowest BCUT2D eigenvalue weighted by Crippen LogP contribution is -1.78. The van der Waals surface area contributed by atoms with Gasteiger partial charge < -0.3 is 0 Å². The first-order chi connectivity index (χ1) is 10.2. The van der Waals surface area contributed by atoms with Crippen molar-refractivity contribution >= 4 is 16.8 Å². The number of rotatable bonds is 3. The van der Waals surface area contributed by atoms with E-state index in [1.54, 1.807) is 0 Å². The molecule has 0 radical (unpaired) electrons. The van der Waals surface area contributed by atoms with Crippen LogP contribution in [-0.2, 0) is 0 Å². The third-order valence-corrected chi connectivity index (χ3v) is 3.18. The smallest absolute Gasteiger partial charge is 0.0178 e. The molecule has 0 aromatic heterocycles. The van der Waals surface area contributed by atoms with Gasteiger partial charge in [0.2, 0.25) is 0 Å². The maximum atomic E-state index is 2.23. The van der Waals surface area contributed by atoms with E-state index in [4.69, 9.17) is 0 Å². The Kier molecular flexibility index (Phi) is 7.25. The van der Waals surface area contributed by atoms with Gasteiger partial charge in [-0.15, -0.1) is 0 Å². The summed E-state index contributed by atoms with van der Waals surface area (Å²) in [6.07, 6.45) is 10.6. The Labute approximate surface area is 129 Å². The van der Waals surface area contributed by atoms with Crippen molar-refractivity contribution in [1.82, 2.24) is 0 Å². The highest BCUT2D eigenvalue weighted by molar-refractivity contribution is 5.85. The van der Waals surface area contributed by atoms with E-state index < -0.39 is 0 Å². The Morgan fingerprint density at radius 3 is 2.19 bits per heavy atom. The molecular weight excluding hydrogens is 252 g/mol. The summed E-state index contributed by atoms with van der Waals surface area (Å²) in [6.45, 7) is 10.2. The SMILES string of the molecule is CC.C\C=C/C(/C=C/c1ccc2cc(C)ccc2c1)=C\C. The van der Waals surface area contributed by atoms with Crippen molar-refractivity contribution in [2.75, 3.05) is 0 Å². The maximum absolute atomic E-state index is 2.23. The van der Waals surface area contributed by atoms with Crippen molar-refractivity contribution in [2.24, 2.45) is 0 Å². The van der Waals surface area contributed by atoms with Crippen LogP contribution in [0.4, 0.5) is 0 Å². The highest BCUT2D eigenvalue weighted by atomic mass is 14.0. The summed E-state index contributed by atoms with van der Waals surface area (Å²) < 4.78 is 0. The van der Waals surface area contributed by atoms with Crippen molar-refractivity contribution in [3.63, 3.8) is 0 Å². The van der Waals surface area contributed by atoms with Gasteiger partial charge in [-0.05, 0) is 48.7 Å². The van der Waals surface area contributed by atoms with Gasteiger partial charge in [0.05, 0.1) is 0 Å². The van der Waals surface area contributed by atoms with Gasteiger partial charge in [-0.2, -0.15) is 0 Å². The molecule has 0 aliphatic rings. The van der Waals surface area contributed by atoms with Crippen LogP contribution in [0.25, 0.3) is 16.8 Å². The molecule has 0 N–H and O–H groups in total. The van der Waals surface area contributed by atoms with Crippen molar-refractivity contribution in [3.05, 3.63) is 77.4 Å². The highest BCUT2D eigenvalue weighted by Crippen LogP contribution is 2.19. The number of aryl methyl sites for hydroxylation is 1. The first kappa shape index (κ1) is 17.0. The molecule has 0 unspecified atom stereocenters. The minimum Gasteiger partial charge on any atom is -0.0871 e. The Bertz CT molecular complexity index is 655. The topological polar surface area (TPSA) is 0 Å². The molecule has 0 bridgehead atoms. The zero-order valence-corrected chi connectivity index (χ0v) is 13.9. The van der Waals surface area contributed by atoms with E-state index in [9.17, 15) is 0 Å². The summed E-state index contributed by atoms with van der Waals surface area (Å²) in [5.74, 6) is 0. The number of fused-ring (bicyclic) bond motifs is 1. The van der Waals surface area contributed by atoms with Crippen molar-refractivity contribution < 1.29 is 0 Å². The molecule has 0 aliphatic carbocycles. The molecule has 21 heavy (non-hydrogen) atoms. The van der Waals surface area contributed by atoms with Gasteiger partial charge in [0, 0.05) is 0 Å². The molecule has 0 fully saturated rings. The van der Waals surface area contributed by atoms with Crippen molar-refractivity contribution in [2.45, 2.75) is 34.6 Å². The largest absolute Gasteiger partial charge is 0.0871 e. The standard InChI is InChI=1S/C19H20.C2H6/c1-4-6-16(5-2)8-9-17-10-12-18-13-15(3)7-11-19(18)14-17;1-2/h4-14H,1-3H3;1-2H3/b6-4-,9-8+,16-5+;. The van der Waals surface area contributed by atoms with E-state index in [2.05, 4.69) is 80.6 Å². The van der Waals surface area contributed by atoms with E-state index >= 15 is 0 Å². The Balaban J connectivity index is 0.00000106. The predicted octanol–water partition coefficient (Wildman–Crippen LogP) is 6.71. The fourth-order valence-corrected chi connectivity index (χ4v) is 2.12. The van der Waals surface area contributed by atoms with Crippen molar-refractivity contribution in [1.29, 1.82) is 0 Å². The first-order valence-corrected chi connectivity index (χ1v) is 7.70. The lowest BCUT2D eigenvalue weighted by molar-refractivity contribution is 1.50. The van der Waals surface area contributed by atoms with E-state index in [1.165, 1.54) is 27.5 Å². The molecule has 2 rings (SSSR count). The van der Waals surface area contributed by atoms with Gasteiger partial charge in [-0.1, -0.05) is 80.1 Å².